The molecular formula is C22H27N3O4. The maximum atomic E-state index is 11.6. The van der Waals surface area contributed by atoms with Crippen LogP contribution in [0.1, 0.15) is 63.0 Å². The molecule has 154 valence electrons. The molecule has 0 radical (unpaired) electrons. The summed E-state index contributed by atoms with van der Waals surface area (Å²) >= 11 is 0. The lowest BCUT2D eigenvalue weighted by molar-refractivity contribution is -0.0592. The Kier molecular flexibility index (Phi) is 4.05. The molecule has 1 aliphatic carbocycles. The molecule has 7 heteroatoms. The molecule has 3 atom stereocenters. The van der Waals surface area contributed by atoms with E-state index in [-0.39, 0.29) is 18.1 Å². The molecule has 0 amide bonds. The summed E-state index contributed by atoms with van der Waals surface area (Å²) in [6, 6.07) is 8.62. The second-order valence-electron chi connectivity index (χ2n) is 9.22. The summed E-state index contributed by atoms with van der Waals surface area (Å²) < 4.78 is 12.8. The first-order valence-corrected chi connectivity index (χ1v) is 10.3. The van der Waals surface area contributed by atoms with Crippen molar-refractivity contribution in [2.75, 3.05) is 6.61 Å². The minimum Gasteiger partial charge on any atom is -0.390 e. The molecule has 2 aromatic heterocycles. The Bertz CT molecular complexity index is 1120. The summed E-state index contributed by atoms with van der Waals surface area (Å²) in [5.74, 6) is 0.715. The number of H-pyrrole nitrogens is 1. The van der Waals surface area contributed by atoms with E-state index in [4.69, 9.17) is 9.26 Å². The maximum Gasteiger partial charge on any atom is 0.438 e. The van der Waals surface area contributed by atoms with Gasteiger partial charge in [0.1, 0.15) is 5.54 Å². The van der Waals surface area contributed by atoms with Crippen molar-refractivity contribution in [2.45, 2.75) is 63.7 Å². The van der Waals surface area contributed by atoms with Crippen LogP contribution in [0.3, 0.4) is 0 Å². The van der Waals surface area contributed by atoms with Gasteiger partial charge in [0.15, 0.2) is 5.82 Å². The summed E-state index contributed by atoms with van der Waals surface area (Å²) in [5, 5.41) is 15.2. The lowest BCUT2D eigenvalue weighted by Crippen LogP contribution is -2.32. The molecule has 29 heavy (non-hydrogen) atoms. The second kappa shape index (κ2) is 6.31. The fourth-order valence-corrected chi connectivity index (χ4v) is 5.22. The Morgan fingerprint density at radius 2 is 2.10 bits per heavy atom. The molecule has 1 saturated heterocycles. The first-order valence-electron chi connectivity index (χ1n) is 10.3. The van der Waals surface area contributed by atoms with Gasteiger partial charge in [-0.2, -0.15) is 0 Å². The largest absolute Gasteiger partial charge is 0.438 e. The fraction of sp³-hybridized carbons (Fsp3) is 0.545. The minimum atomic E-state index is -0.551. The third-order valence-corrected chi connectivity index (χ3v) is 6.75. The van der Waals surface area contributed by atoms with Crippen LogP contribution >= 0.6 is 0 Å². The average molecular weight is 397 g/mol. The van der Waals surface area contributed by atoms with Crippen molar-refractivity contribution in [1.29, 1.82) is 0 Å². The Labute approximate surface area is 168 Å². The molecule has 2 fully saturated rings. The monoisotopic (exact) mass is 397 g/mol. The highest BCUT2D eigenvalue weighted by Crippen LogP contribution is 2.55. The molecule has 7 nitrogen and oxygen atoms in total. The van der Waals surface area contributed by atoms with E-state index in [2.05, 4.69) is 53.7 Å². The number of ether oxygens (including phenoxy) is 1. The van der Waals surface area contributed by atoms with Gasteiger partial charge >= 0.3 is 5.76 Å². The van der Waals surface area contributed by atoms with Crippen LogP contribution in [0.2, 0.25) is 0 Å². The molecule has 2 N–H and O–H groups in total. The summed E-state index contributed by atoms with van der Waals surface area (Å²) in [7, 11) is 0. The van der Waals surface area contributed by atoms with Crippen LogP contribution in [0.5, 0.6) is 0 Å². The van der Waals surface area contributed by atoms with E-state index in [1.807, 2.05) is 6.07 Å². The van der Waals surface area contributed by atoms with E-state index >= 15 is 0 Å². The van der Waals surface area contributed by atoms with Gasteiger partial charge in [-0.15, -0.1) is 0 Å². The molecule has 0 spiro atoms. The first kappa shape index (κ1) is 18.6. The number of aliphatic hydroxyl groups is 1. The number of aromatic nitrogens is 3. The van der Waals surface area contributed by atoms with Gasteiger partial charge < -0.3 is 14.4 Å². The summed E-state index contributed by atoms with van der Waals surface area (Å²) in [6.07, 6.45) is 2.85. The number of fused-ring (bicyclic) bond motifs is 1. The van der Waals surface area contributed by atoms with Crippen LogP contribution in [-0.2, 0) is 16.9 Å². The Balaban J connectivity index is 1.61. The van der Waals surface area contributed by atoms with Crippen molar-refractivity contribution >= 4 is 10.9 Å². The number of aliphatic hydroxyl groups excluding tert-OH is 1. The van der Waals surface area contributed by atoms with Crippen LogP contribution in [0.4, 0.5) is 0 Å². The predicted molar refractivity (Wildman–Crippen MR) is 108 cm³/mol. The quantitative estimate of drug-likeness (QED) is 0.705. The van der Waals surface area contributed by atoms with Gasteiger partial charge in [-0.3, -0.25) is 9.51 Å². The third-order valence-electron chi connectivity index (χ3n) is 6.75. The maximum absolute atomic E-state index is 11.6. The molecule has 5 rings (SSSR count). The molecule has 1 aliphatic heterocycles. The number of hydrogen-bond acceptors (Lipinski definition) is 5. The fourth-order valence-electron chi connectivity index (χ4n) is 5.22. The molecule has 0 bridgehead atoms. The molecule has 3 aromatic rings. The molecule has 1 saturated carbocycles. The van der Waals surface area contributed by atoms with Gasteiger partial charge in [0.25, 0.3) is 0 Å². The average Bonchev–Trinajstić information content (AvgIpc) is 3.03. The highest BCUT2D eigenvalue weighted by Gasteiger charge is 2.58. The zero-order valence-corrected chi connectivity index (χ0v) is 17.1. The van der Waals surface area contributed by atoms with Crippen molar-refractivity contribution in [3.05, 3.63) is 51.9 Å². The van der Waals surface area contributed by atoms with Gasteiger partial charge in [0, 0.05) is 23.2 Å². The van der Waals surface area contributed by atoms with E-state index in [9.17, 15) is 9.90 Å². The van der Waals surface area contributed by atoms with E-state index in [1.165, 1.54) is 5.56 Å². The highest BCUT2D eigenvalue weighted by molar-refractivity contribution is 5.83. The number of hydrogen-bond donors (Lipinski definition) is 2. The Morgan fingerprint density at radius 3 is 2.72 bits per heavy atom. The van der Waals surface area contributed by atoms with Gasteiger partial charge in [-0.05, 0) is 68.7 Å². The molecule has 2 aliphatic rings. The minimum absolute atomic E-state index is 0.0785. The normalized spacial score (nSPS) is 28.7. The smallest absolute Gasteiger partial charge is 0.390 e. The number of nitrogens with one attached hydrogen (secondary N) is 1. The summed E-state index contributed by atoms with van der Waals surface area (Å²) in [4.78, 5) is 14.3. The van der Waals surface area contributed by atoms with Crippen LogP contribution in [0.15, 0.2) is 33.6 Å². The standard InChI is InChI=1S/C22H27N3O4/c1-13-10-22(13,19-23-20(27)29-24-19)25-17(12-26)9-16-8-14(4-5-18(16)25)15-6-7-28-21(2,3)11-15/h4-5,8-9,13,15,26H,6-7,10-12H2,1-3H3,(H,23,24,27)/t13-,15-,22-/m0/s1. The summed E-state index contributed by atoms with van der Waals surface area (Å²) in [6.45, 7) is 7.12. The van der Waals surface area contributed by atoms with Crippen LogP contribution in [0.25, 0.3) is 10.9 Å². The highest BCUT2D eigenvalue weighted by atomic mass is 16.5. The zero-order valence-electron chi connectivity index (χ0n) is 17.1. The predicted octanol–water partition coefficient (Wildman–Crippen LogP) is 3.27. The second-order valence-corrected chi connectivity index (χ2v) is 9.22. The van der Waals surface area contributed by atoms with Crippen molar-refractivity contribution in [2.24, 2.45) is 5.92 Å². The third kappa shape index (κ3) is 2.87. The van der Waals surface area contributed by atoms with Gasteiger partial charge in [-0.25, -0.2) is 4.79 Å². The number of nitrogens with zero attached hydrogens (tertiary/aromatic N) is 2. The van der Waals surface area contributed by atoms with E-state index in [0.29, 0.717) is 11.7 Å². The number of benzene rings is 1. The first-order chi connectivity index (χ1) is 13.8. The topological polar surface area (TPSA) is 93.3 Å². The van der Waals surface area contributed by atoms with E-state index in [1.54, 1.807) is 0 Å². The van der Waals surface area contributed by atoms with E-state index < -0.39 is 11.3 Å². The SMILES string of the molecule is C[C@H]1C[C@]1(c1noc(=O)[nH]1)n1c(CO)cc2cc([C@H]3CCOC(C)(C)C3)ccc21. The van der Waals surface area contributed by atoms with Crippen molar-refractivity contribution in [1.82, 2.24) is 14.7 Å². The lowest BCUT2D eigenvalue weighted by Gasteiger charge is -2.35. The lowest BCUT2D eigenvalue weighted by atomic mass is 9.83. The van der Waals surface area contributed by atoms with Gasteiger partial charge in [0.05, 0.1) is 12.2 Å². The van der Waals surface area contributed by atoms with Crippen molar-refractivity contribution in [3.8, 4) is 0 Å². The van der Waals surface area contributed by atoms with E-state index in [0.717, 1.165) is 42.5 Å². The van der Waals surface area contributed by atoms with Gasteiger partial charge in [-0.1, -0.05) is 18.1 Å². The Hall–Kier alpha value is -2.38. The molecular weight excluding hydrogens is 370 g/mol. The zero-order chi connectivity index (χ0) is 20.4. The molecule has 0 unspecified atom stereocenters. The van der Waals surface area contributed by atoms with Gasteiger partial charge in [0.2, 0.25) is 0 Å². The summed E-state index contributed by atoms with van der Waals surface area (Å²) in [5.41, 5.74) is 2.58. The van der Waals surface area contributed by atoms with Crippen LogP contribution in [0, 0.1) is 5.92 Å². The number of aromatic amines is 1. The Morgan fingerprint density at radius 1 is 1.31 bits per heavy atom. The van der Waals surface area contributed by atoms with Crippen LogP contribution in [-0.4, -0.2) is 32.0 Å². The van der Waals surface area contributed by atoms with Crippen molar-refractivity contribution < 1.29 is 14.4 Å². The molecule has 3 heterocycles. The van der Waals surface area contributed by atoms with Crippen molar-refractivity contribution in [3.63, 3.8) is 0 Å². The van der Waals surface area contributed by atoms with Crippen LogP contribution < -0.4 is 5.76 Å². The molecule has 1 aromatic carbocycles. The number of rotatable bonds is 4.